The molecule has 0 saturated heterocycles. The van der Waals surface area contributed by atoms with Crippen LogP contribution in [0.2, 0.25) is 0 Å². The monoisotopic (exact) mass is 179 g/mol. The van der Waals surface area contributed by atoms with Crippen LogP contribution in [-0.2, 0) is 0 Å². The number of rotatable bonds is 1. The van der Waals surface area contributed by atoms with Gasteiger partial charge in [-0.2, -0.15) is 0 Å². The van der Waals surface area contributed by atoms with Crippen molar-refractivity contribution >= 4 is 17.2 Å². The molecule has 13 heavy (non-hydrogen) atoms. The van der Waals surface area contributed by atoms with E-state index in [-0.39, 0.29) is 0 Å². The molecule has 0 fully saturated rings. The van der Waals surface area contributed by atoms with Crippen molar-refractivity contribution in [2.75, 3.05) is 0 Å². The average Bonchev–Trinajstić information content (AvgIpc) is 2.55. The minimum Gasteiger partial charge on any atom is -0.504 e. The number of halogens is 1. The van der Waals surface area contributed by atoms with Crippen molar-refractivity contribution in [2.24, 2.45) is 0 Å². The van der Waals surface area contributed by atoms with Gasteiger partial charge in [0, 0.05) is 10.9 Å². The van der Waals surface area contributed by atoms with Gasteiger partial charge < -0.3 is 10.1 Å². The van der Waals surface area contributed by atoms with E-state index in [4.69, 9.17) is 0 Å². The Bertz CT molecular complexity index is 476. The van der Waals surface area contributed by atoms with Gasteiger partial charge in [0.25, 0.3) is 0 Å². The Balaban J connectivity index is 2.83. The lowest BCUT2D eigenvalue weighted by Crippen LogP contribution is -1.76. The second kappa shape index (κ2) is 2.58. The molecule has 1 aromatic heterocycles. The molecule has 1 aromatic carbocycles. The third-order valence-electron chi connectivity index (χ3n) is 1.87. The Kier molecular flexibility index (Phi) is 1.55. The molecule has 3 nitrogen and oxygen atoms in total. The smallest absolute Gasteiger partial charge is 0.166 e. The predicted molar refractivity (Wildman–Crippen MR) is 45.3 cm³/mol. The molecule has 0 aliphatic carbocycles. The molecule has 0 amide bonds. The number of aromatic nitrogens is 1. The molecule has 0 bridgehead atoms. The summed E-state index contributed by atoms with van der Waals surface area (Å²) in [6, 6.07) is 4.01. The Morgan fingerprint density at radius 3 is 2.92 bits per heavy atom. The number of carbonyl (C=O) groups is 1. The number of aromatic amines is 1. The van der Waals surface area contributed by atoms with Crippen LogP contribution in [0.3, 0.4) is 0 Å². The highest BCUT2D eigenvalue weighted by molar-refractivity contribution is 5.91. The highest BCUT2D eigenvalue weighted by Gasteiger charge is 2.08. The molecule has 0 radical (unpaired) electrons. The maximum atomic E-state index is 12.8. The average molecular weight is 179 g/mol. The molecule has 0 atom stereocenters. The van der Waals surface area contributed by atoms with E-state index >= 15 is 0 Å². The van der Waals surface area contributed by atoms with Crippen molar-refractivity contribution < 1.29 is 14.3 Å². The largest absolute Gasteiger partial charge is 0.504 e. The normalized spacial score (nSPS) is 10.5. The second-order valence-electron chi connectivity index (χ2n) is 2.70. The third kappa shape index (κ3) is 1.07. The topological polar surface area (TPSA) is 53.1 Å². The van der Waals surface area contributed by atoms with Gasteiger partial charge in [0.1, 0.15) is 0 Å². The van der Waals surface area contributed by atoms with Crippen molar-refractivity contribution in [3.8, 4) is 5.75 Å². The van der Waals surface area contributed by atoms with Crippen molar-refractivity contribution in [1.29, 1.82) is 0 Å². The minimum absolute atomic E-state index is 0.316. The molecule has 2 aromatic rings. The fraction of sp³-hybridized carbons (Fsp3) is 0. The Labute approximate surface area is 72.8 Å². The molecular formula is C9H6FNO2. The zero-order chi connectivity index (χ0) is 9.42. The van der Waals surface area contributed by atoms with Crippen LogP contribution in [0.5, 0.6) is 5.75 Å². The number of aldehydes is 1. The van der Waals surface area contributed by atoms with Gasteiger partial charge in [0.2, 0.25) is 0 Å². The van der Waals surface area contributed by atoms with E-state index < -0.39 is 11.6 Å². The number of H-pyrrole nitrogens is 1. The lowest BCUT2D eigenvalue weighted by atomic mass is 10.2. The maximum Gasteiger partial charge on any atom is 0.166 e. The lowest BCUT2D eigenvalue weighted by molar-refractivity contribution is 0.112. The van der Waals surface area contributed by atoms with E-state index in [9.17, 15) is 14.3 Å². The maximum absolute atomic E-state index is 12.8. The summed E-state index contributed by atoms with van der Waals surface area (Å²) in [7, 11) is 0. The molecular weight excluding hydrogens is 173 g/mol. The third-order valence-corrected chi connectivity index (χ3v) is 1.87. The quantitative estimate of drug-likeness (QED) is 0.656. The highest BCUT2D eigenvalue weighted by Crippen LogP contribution is 2.27. The standard InChI is InChI=1S/C9H6FNO2/c10-7-1-2-8-6(9(7)13)3-5(4-12)11-8/h1-4,11,13H. The predicted octanol–water partition coefficient (Wildman–Crippen LogP) is 1.83. The zero-order valence-electron chi connectivity index (χ0n) is 6.54. The number of benzene rings is 1. The van der Waals surface area contributed by atoms with Crippen LogP contribution in [0.4, 0.5) is 4.39 Å². The first-order chi connectivity index (χ1) is 6.22. The molecule has 0 unspecified atom stereocenters. The van der Waals surface area contributed by atoms with Crippen molar-refractivity contribution in [2.45, 2.75) is 0 Å². The van der Waals surface area contributed by atoms with E-state index in [2.05, 4.69) is 4.98 Å². The van der Waals surface area contributed by atoms with Crippen LogP contribution < -0.4 is 0 Å². The number of carbonyl (C=O) groups excluding carboxylic acids is 1. The van der Waals surface area contributed by atoms with Crippen LogP contribution in [0.1, 0.15) is 10.5 Å². The highest BCUT2D eigenvalue weighted by atomic mass is 19.1. The van der Waals surface area contributed by atoms with E-state index in [0.717, 1.165) is 6.07 Å². The summed E-state index contributed by atoms with van der Waals surface area (Å²) in [6.45, 7) is 0. The minimum atomic E-state index is -0.691. The van der Waals surface area contributed by atoms with Crippen molar-refractivity contribution in [1.82, 2.24) is 4.98 Å². The summed E-state index contributed by atoms with van der Waals surface area (Å²) in [5.74, 6) is -1.12. The number of phenolic OH excluding ortho intramolecular Hbond substituents is 1. The summed E-state index contributed by atoms with van der Waals surface area (Å²) in [4.78, 5) is 13.1. The Morgan fingerprint density at radius 2 is 2.23 bits per heavy atom. The summed E-state index contributed by atoms with van der Waals surface area (Å²) < 4.78 is 12.8. The molecule has 66 valence electrons. The number of aromatic hydroxyl groups is 1. The first kappa shape index (κ1) is 7.79. The molecule has 4 heteroatoms. The van der Waals surface area contributed by atoms with Gasteiger partial charge >= 0.3 is 0 Å². The number of hydrogen-bond donors (Lipinski definition) is 2. The van der Waals surface area contributed by atoms with Gasteiger partial charge in [-0.05, 0) is 18.2 Å². The van der Waals surface area contributed by atoms with E-state index in [0.29, 0.717) is 22.9 Å². The van der Waals surface area contributed by atoms with Crippen LogP contribution in [0.15, 0.2) is 18.2 Å². The molecule has 0 aliphatic rings. The van der Waals surface area contributed by atoms with Gasteiger partial charge in [-0.1, -0.05) is 0 Å². The SMILES string of the molecule is O=Cc1cc2c(O)c(F)ccc2[nH]1. The first-order valence-corrected chi connectivity index (χ1v) is 3.68. The molecule has 2 rings (SSSR count). The molecule has 0 saturated carbocycles. The van der Waals surface area contributed by atoms with Gasteiger partial charge in [-0.15, -0.1) is 0 Å². The van der Waals surface area contributed by atoms with E-state index in [1.165, 1.54) is 12.1 Å². The Hall–Kier alpha value is -1.84. The van der Waals surface area contributed by atoms with Crippen molar-refractivity contribution in [3.05, 3.63) is 29.7 Å². The summed E-state index contributed by atoms with van der Waals surface area (Å²) in [6.07, 6.45) is 0.608. The fourth-order valence-electron chi connectivity index (χ4n) is 1.25. The molecule has 0 spiro atoms. The fourth-order valence-corrected chi connectivity index (χ4v) is 1.25. The second-order valence-corrected chi connectivity index (χ2v) is 2.70. The van der Waals surface area contributed by atoms with Gasteiger partial charge in [0.05, 0.1) is 5.69 Å². The van der Waals surface area contributed by atoms with Crippen LogP contribution in [0.25, 0.3) is 10.9 Å². The number of phenols is 1. The van der Waals surface area contributed by atoms with Gasteiger partial charge in [0.15, 0.2) is 17.9 Å². The summed E-state index contributed by atoms with van der Waals surface area (Å²) >= 11 is 0. The van der Waals surface area contributed by atoms with Crippen molar-refractivity contribution in [3.63, 3.8) is 0 Å². The Morgan fingerprint density at radius 1 is 1.46 bits per heavy atom. The van der Waals surface area contributed by atoms with E-state index in [1.54, 1.807) is 0 Å². The van der Waals surface area contributed by atoms with Crippen LogP contribution >= 0.6 is 0 Å². The van der Waals surface area contributed by atoms with Crippen LogP contribution in [-0.4, -0.2) is 16.4 Å². The van der Waals surface area contributed by atoms with Gasteiger partial charge in [-0.3, -0.25) is 4.79 Å². The number of fused-ring (bicyclic) bond motifs is 1. The lowest BCUT2D eigenvalue weighted by Gasteiger charge is -1.94. The van der Waals surface area contributed by atoms with Gasteiger partial charge in [-0.25, -0.2) is 4.39 Å². The first-order valence-electron chi connectivity index (χ1n) is 3.68. The number of hydrogen-bond acceptors (Lipinski definition) is 2. The van der Waals surface area contributed by atoms with E-state index in [1.807, 2.05) is 0 Å². The van der Waals surface area contributed by atoms with Crippen LogP contribution in [0, 0.1) is 5.82 Å². The molecule has 2 N–H and O–H groups in total. The summed E-state index contributed by atoms with van der Waals surface area (Å²) in [5.41, 5.74) is 0.858. The number of nitrogens with one attached hydrogen (secondary N) is 1. The molecule has 1 heterocycles. The summed E-state index contributed by atoms with van der Waals surface area (Å²) in [5, 5.41) is 9.58. The zero-order valence-corrected chi connectivity index (χ0v) is 6.54. The molecule has 0 aliphatic heterocycles.